The first-order valence-corrected chi connectivity index (χ1v) is 12.3. The predicted molar refractivity (Wildman–Crippen MR) is 121 cm³/mol. The number of hydrogen-bond acceptors (Lipinski definition) is 2. The summed E-state index contributed by atoms with van der Waals surface area (Å²) in [5.74, 6) is 0. The summed E-state index contributed by atoms with van der Waals surface area (Å²) in [4.78, 5) is 4.79. The summed E-state index contributed by atoms with van der Waals surface area (Å²) in [6, 6.07) is 22.9. The van der Waals surface area contributed by atoms with Crippen LogP contribution in [0.1, 0.15) is 27.7 Å². The SMILES string of the molecule is CCN(CC)c1ccc(-c2ccc(-c3ccc(N(CC)CC)cc3)[te]2)cc1. The summed E-state index contributed by atoms with van der Waals surface area (Å²) >= 11 is -0.323. The number of anilines is 2. The molecular weight excluding hydrogens is 444 g/mol. The quantitative estimate of drug-likeness (QED) is 0.383. The van der Waals surface area contributed by atoms with Crippen molar-refractivity contribution >= 4 is 31.8 Å². The van der Waals surface area contributed by atoms with Crippen molar-refractivity contribution in [2.45, 2.75) is 27.7 Å². The zero-order valence-electron chi connectivity index (χ0n) is 16.9. The van der Waals surface area contributed by atoms with Crippen LogP contribution in [0, 0.1) is 0 Å². The Morgan fingerprint density at radius 3 is 1.15 bits per heavy atom. The Morgan fingerprint density at radius 1 is 0.519 bits per heavy atom. The zero-order valence-corrected chi connectivity index (χ0v) is 19.2. The molecule has 0 amide bonds. The molecule has 0 saturated carbocycles. The first-order valence-electron chi connectivity index (χ1n) is 10.0. The second-order valence-electron chi connectivity index (χ2n) is 6.60. The van der Waals surface area contributed by atoms with Crippen LogP contribution < -0.4 is 9.80 Å². The molecule has 2 aromatic carbocycles. The van der Waals surface area contributed by atoms with Gasteiger partial charge in [0.1, 0.15) is 0 Å². The van der Waals surface area contributed by atoms with Gasteiger partial charge in [0.15, 0.2) is 0 Å². The summed E-state index contributed by atoms with van der Waals surface area (Å²) in [6.07, 6.45) is 0. The summed E-state index contributed by atoms with van der Waals surface area (Å²) in [6.45, 7) is 13.1. The van der Waals surface area contributed by atoms with E-state index < -0.39 is 0 Å². The van der Waals surface area contributed by atoms with Gasteiger partial charge in [0.05, 0.1) is 0 Å². The molecule has 0 aliphatic heterocycles. The minimum atomic E-state index is -0.323. The molecule has 0 N–H and O–H groups in total. The summed E-state index contributed by atoms with van der Waals surface area (Å²) in [7, 11) is 0. The third kappa shape index (κ3) is 4.60. The van der Waals surface area contributed by atoms with Gasteiger partial charge < -0.3 is 0 Å². The van der Waals surface area contributed by atoms with Gasteiger partial charge in [0.25, 0.3) is 0 Å². The van der Waals surface area contributed by atoms with Crippen molar-refractivity contribution in [3.63, 3.8) is 0 Å². The second-order valence-corrected chi connectivity index (χ2v) is 9.70. The van der Waals surface area contributed by atoms with E-state index in [1.54, 1.807) is 0 Å². The molecule has 0 atom stereocenters. The summed E-state index contributed by atoms with van der Waals surface area (Å²) in [5, 5.41) is 0. The van der Waals surface area contributed by atoms with Crippen LogP contribution in [0.3, 0.4) is 0 Å². The Balaban J connectivity index is 1.78. The van der Waals surface area contributed by atoms with Crippen LogP contribution in [0.5, 0.6) is 0 Å². The molecule has 0 radical (unpaired) electrons. The van der Waals surface area contributed by atoms with Crippen molar-refractivity contribution < 1.29 is 0 Å². The maximum atomic E-state index is 2.39. The van der Waals surface area contributed by atoms with Gasteiger partial charge in [-0.15, -0.1) is 0 Å². The molecule has 0 saturated heterocycles. The fraction of sp³-hybridized carbons (Fsp3) is 0.333. The average molecular weight is 474 g/mol. The normalized spacial score (nSPS) is 10.8. The van der Waals surface area contributed by atoms with Crippen LogP contribution in [-0.4, -0.2) is 46.6 Å². The average Bonchev–Trinajstić information content (AvgIpc) is 3.21. The van der Waals surface area contributed by atoms with Gasteiger partial charge >= 0.3 is 174 Å². The van der Waals surface area contributed by atoms with Gasteiger partial charge in [0.2, 0.25) is 0 Å². The van der Waals surface area contributed by atoms with Crippen molar-refractivity contribution in [1.29, 1.82) is 0 Å². The van der Waals surface area contributed by atoms with E-state index in [0.717, 1.165) is 26.2 Å². The van der Waals surface area contributed by atoms with Gasteiger partial charge in [-0.05, 0) is 0 Å². The van der Waals surface area contributed by atoms with Crippen molar-refractivity contribution in [2.75, 3.05) is 36.0 Å². The van der Waals surface area contributed by atoms with E-state index in [0.29, 0.717) is 0 Å². The second kappa shape index (κ2) is 9.49. The molecule has 1 heterocycles. The molecule has 1 aromatic heterocycles. The van der Waals surface area contributed by atoms with Crippen molar-refractivity contribution in [1.82, 2.24) is 0 Å². The first kappa shape index (κ1) is 20.1. The molecule has 3 heteroatoms. The molecule has 0 aliphatic carbocycles. The summed E-state index contributed by atoms with van der Waals surface area (Å²) < 4.78 is 3.07. The third-order valence-corrected chi connectivity index (χ3v) is 8.54. The van der Waals surface area contributed by atoms with E-state index in [1.807, 2.05) is 0 Å². The fourth-order valence-corrected chi connectivity index (χ4v) is 6.40. The van der Waals surface area contributed by atoms with Gasteiger partial charge in [-0.3, -0.25) is 0 Å². The van der Waals surface area contributed by atoms with Crippen LogP contribution in [0.15, 0.2) is 60.7 Å². The van der Waals surface area contributed by atoms with Crippen LogP contribution in [0.2, 0.25) is 0 Å². The maximum absolute atomic E-state index is 2.39. The number of nitrogens with zero attached hydrogens (tertiary/aromatic N) is 2. The van der Waals surface area contributed by atoms with Crippen LogP contribution in [-0.2, 0) is 0 Å². The van der Waals surface area contributed by atoms with E-state index in [2.05, 4.69) is 98.2 Å². The van der Waals surface area contributed by atoms with E-state index in [1.165, 1.54) is 29.7 Å². The molecule has 0 fully saturated rings. The van der Waals surface area contributed by atoms with Gasteiger partial charge in [0, 0.05) is 0 Å². The number of benzene rings is 2. The monoisotopic (exact) mass is 476 g/mol. The molecule has 0 aliphatic rings. The molecule has 27 heavy (non-hydrogen) atoms. The molecular formula is C24H30N2Te. The molecule has 0 spiro atoms. The van der Waals surface area contributed by atoms with Gasteiger partial charge in [-0.25, -0.2) is 0 Å². The molecule has 2 nitrogen and oxygen atoms in total. The Kier molecular flexibility index (Phi) is 7.05. The topological polar surface area (TPSA) is 6.48 Å². The van der Waals surface area contributed by atoms with E-state index >= 15 is 0 Å². The predicted octanol–water partition coefficient (Wildman–Crippen LogP) is 5.77. The third-order valence-electron chi connectivity index (χ3n) is 5.17. The minimum absolute atomic E-state index is 0.323. The Labute approximate surface area is 174 Å². The Morgan fingerprint density at radius 2 is 0.852 bits per heavy atom. The van der Waals surface area contributed by atoms with Crippen LogP contribution >= 0.6 is 0 Å². The number of hydrogen-bond donors (Lipinski definition) is 0. The van der Waals surface area contributed by atoms with Gasteiger partial charge in [-0.1, -0.05) is 0 Å². The molecule has 3 rings (SSSR count). The Bertz CT molecular complexity index is 756. The molecule has 142 valence electrons. The van der Waals surface area contributed by atoms with Gasteiger partial charge in [-0.2, -0.15) is 0 Å². The van der Waals surface area contributed by atoms with E-state index in [9.17, 15) is 0 Å². The molecule has 0 unspecified atom stereocenters. The molecule has 0 bridgehead atoms. The van der Waals surface area contributed by atoms with E-state index in [-0.39, 0.29) is 20.4 Å². The standard InChI is InChI=1S/C24H30N2Te/c1-5-25(6-2)21-13-9-19(10-14-21)23-17-18-24(27-23)20-11-15-22(16-12-20)26(7-3)8-4/h9-18H,5-8H2,1-4H3. The van der Waals surface area contributed by atoms with Crippen LogP contribution in [0.4, 0.5) is 11.4 Å². The zero-order chi connectivity index (χ0) is 19.2. The van der Waals surface area contributed by atoms with E-state index in [4.69, 9.17) is 0 Å². The number of rotatable bonds is 8. The van der Waals surface area contributed by atoms with Crippen molar-refractivity contribution in [3.8, 4) is 18.3 Å². The Hall–Kier alpha value is -1.69. The fourth-order valence-electron chi connectivity index (χ4n) is 3.50. The van der Waals surface area contributed by atoms with Crippen molar-refractivity contribution in [2.24, 2.45) is 0 Å². The molecule has 3 aromatic rings. The van der Waals surface area contributed by atoms with Crippen LogP contribution in [0.25, 0.3) is 18.3 Å². The first-order chi connectivity index (χ1) is 13.2. The summed E-state index contributed by atoms with van der Waals surface area (Å²) in [5.41, 5.74) is 5.42. The van der Waals surface area contributed by atoms with Crippen molar-refractivity contribution in [3.05, 3.63) is 60.7 Å².